The van der Waals surface area contributed by atoms with Crippen LogP contribution in [0.1, 0.15) is 21.5 Å². The number of alkyl halides is 3. The predicted octanol–water partition coefficient (Wildman–Crippen LogP) is 3.57. The van der Waals surface area contributed by atoms with E-state index in [9.17, 15) is 26.4 Å². The number of halogens is 3. The molecule has 0 unspecified atom stereocenters. The summed E-state index contributed by atoms with van der Waals surface area (Å²) in [5.74, 6) is -1.62. The van der Waals surface area contributed by atoms with Crippen LogP contribution in [0.15, 0.2) is 47.4 Å². The Morgan fingerprint density at radius 2 is 1.68 bits per heavy atom. The molecule has 0 heterocycles. The third-order valence-electron chi connectivity index (χ3n) is 3.35. The van der Waals surface area contributed by atoms with Crippen molar-refractivity contribution in [1.29, 1.82) is 0 Å². The standard InChI is InChI=1S/C16H13F3O5S/c1-10-11(15(20)23-2)6-5-9-14(10)25(21,22)24-13-8-4-3-7-12(13)16(17,18)19/h3-9H,1-2H3. The van der Waals surface area contributed by atoms with Gasteiger partial charge in [-0.3, -0.25) is 0 Å². The molecule has 2 aromatic rings. The minimum Gasteiger partial charge on any atom is -0.465 e. The molecular weight excluding hydrogens is 361 g/mol. The predicted molar refractivity (Wildman–Crippen MR) is 81.8 cm³/mol. The normalized spacial score (nSPS) is 11.9. The molecular formula is C16H13F3O5S. The zero-order valence-corrected chi connectivity index (χ0v) is 13.9. The van der Waals surface area contributed by atoms with Gasteiger partial charge in [0, 0.05) is 0 Å². The largest absolute Gasteiger partial charge is 0.465 e. The summed E-state index contributed by atoms with van der Waals surface area (Å²) in [6, 6.07) is 7.69. The van der Waals surface area contributed by atoms with Crippen LogP contribution in [-0.2, 0) is 21.0 Å². The number of para-hydroxylation sites is 1. The van der Waals surface area contributed by atoms with E-state index in [0.29, 0.717) is 6.07 Å². The number of carbonyl (C=O) groups is 1. The number of methoxy groups -OCH3 is 1. The van der Waals surface area contributed by atoms with Crippen molar-refractivity contribution in [3.63, 3.8) is 0 Å². The highest BCUT2D eigenvalue weighted by Gasteiger charge is 2.36. The lowest BCUT2D eigenvalue weighted by Gasteiger charge is -2.15. The first-order valence-electron chi connectivity index (χ1n) is 6.86. The molecule has 0 bridgehead atoms. The van der Waals surface area contributed by atoms with Crippen LogP contribution in [-0.4, -0.2) is 21.5 Å². The maximum absolute atomic E-state index is 13.0. The Bertz CT molecular complexity index is 904. The number of hydrogen-bond donors (Lipinski definition) is 0. The van der Waals surface area contributed by atoms with Crippen molar-refractivity contribution in [2.45, 2.75) is 18.0 Å². The number of hydrogen-bond acceptors (Lipinski definition) is 5. The van der Waals surface area contributed by atoms with Crippen LogP contribution < -0.4 is 4.18 Å². The van der Waals surface area contributed by atoms with Crippen molar-refractivity contribution in [3.8, 4) is 5.75 Å². The Morgan fingerprint density at radius 1 is 1.04 bits per heavy atom. The quantitative estimate of drug-likeness (QED) is 0.605. The summed E-state index contributed by atoms with van der Waals surface area (Å²) in [5.41, 5.74) is -1.24. The molecule has 5 nitrogen and oxygen atoms in total. The molecule has 0 saturated heterocycles. The smallest absolute Gasteiger partial charge is 0.420 e. The second-order valence-corrected chi connectivity index (χ2v) is 6.47. The molecule has 0 aliphatic heterocycles. The van der Waals surface area contributed by atoms with E-state index >= 15 is 0 Å². The number of ether oxygens (including phenoxy) is 1. The molecule has 0 atom stereocenters. The number of rotatable bonds is 4. The average molecular weight is 374 g/mol. The Hall–Kier alpha value is -2.55. The molecule has 2 aromatic carbocycles. The van der Waals surface area contributed by atoms with E-state index in [2.05, 4.69) is 4.74 Å². The van der Waals surface area contributed by atoms with E-state index in [4.69, 9.17) is 4.18 Å². The van der Waals surface area contributed by atoms with E-state index in [1.54, 1.807) is 0 Å². The SMILES string of the molecule is COC(=O)c1cccc(S(=O)(=O)Oc2ccccc2C(F)(F)F)c1C. The van der Waals surface area contributed by atoms with Crippen LogP contribution in [0, 0.1) is 6.92 Å². The maximum Gasteiger partial charge on any atom is 0.420 e. The van der Waals surface area contributed by atoms with Crippen LogP contribution in [0.3, 0.4) is 0 Å². The zero-order valence-electron chi connectivity index (χ0n) is 13.1. The summed E-state index contributed by atoms with van der Waals surface area (Å²) in [7, 11) is -3.47. The van der Waals surface area contributed by atoms with E-state index in [0.717, 1.165) is 25.3 Å². The van der Waals surface area contributed by atoms with Crippen molar-refractivity contribution in [3.05, 3.63) is 59.2 Å². The molecule has 0 fully saturated rings. The van der Waals surface area contributed by atoms with Crippen LogP contribution >= 0.6 is 0 Å². The summed E-state index contributed by atoms with van der Waals surface area (Å²) >= 11 is 0. The molecule has 25 heavy (non-hydrogen) atoms. The molecule has 0 saturated carbocycles. The monoisotopic (exact) mass is 374 g/mol. The van der Waals surface area contributed by atoms with Crippen molar-refractivity contribution < 1.29 is 35.3 Å². The fraction of sp³-hybridized carbons (Fsp3) is 0.188. The summed E-state index contributed by atoms with van der Waals surface area (Å²) < 4.78 is 73.0. The van der Waals surface area contributed by atoms with Gasteiger partial charge in [0.25, 0.3) is 0 Å². The fourth-order valence-electron chi connectivity index (χ4n) is 2.15. The van der Waals surface area contributed by atoms with Gasteiger partial charge in [-0.25, -0.2) is 4.79 Å². The first kappa shape index (κ1) is 18.8. The summed E-state index contributed by atoms with van der Waals surface area (Å²) in [5, 5.41) is 0. The van der Waals surface area contributed by atoms with Crippen LogP contribution in [0.4, 0.5) is 13.2 Å². The first-order chi connectivity index (χ1) is 11.6. The molecule has 0 aliphatic rings. The van der Waals surface area contributed by atoms with E-state index in [1.165, 1.54) is 25.1 Å². The summed E-state index contributed by atoms with van der Waals surface area (Å²) in [4.78, 5) is 11.2. The molecule has 134 valence electrons. The van der Waals surface area contributed by atoms with Gasteiger partial charge in [-0.1, -0.05) is 18.2 Å². The van der Waals surface area contributed by atoms with E-state index < -0.39 is 38.5 Å². The molecule has 9 heteroatoms. The van der Waals surface area contributed by atoms with Gasteiger partial charge < -0.3 is 8.92 Å². The van der Waals surface area contributed by atoms with E-state index in [1.807, 2.05) is 0 Å². The lowest BCUT2D eigenvalue weighted by molar-refractivity contribution is -0.138. The van der Waals surface area contributed by atoms with Crippen molar-refractivity contribution in [1.82, 2.24) is 0 Å². The molecule has 0 N–H and O–H groups in total. The molecule has 0 aliphatic carbocycles. The first-order valence-corrected chi connectivity index (χ1v) is 8.27. The fourth-order valence-corrected chi connectivity index (χ4v) is 3.35. The van der Waals surface area contributed by atoms with Gasteiger partial charge >= 0.3 is 22.3 Å². The molecule has 0 spiro atoms. The Labute approximate surface area is 142 Å². The molecule has 0 aromatic heterocycles. The minimum absolute atomic E-state index is 0.0128. The van der Waals surface area contributed by atoms with Crippen LogP contribution in [0.25, 0.3) is 0 Å². The lowest BCUT2D eigenvalue weighted by atomic mass is 10.1. The van der Waals surface area contributed by atoms with E-state index in [-0.39, 0.29) is 11.1 Å². The van der Waals surface area contributed by atoms with Crippen molar-refractivity contribution >= 4 is 16.1 Å². The van der Waals surface area contributed by atoms with Gasteiger partial charge in [0.1, 0.15) is 4.90 Å². The topological polar surface area (TPSA) is 69.7 Å². The van der Waals surface area contributed by atoms with Gasteiger partial charge in [0.15, 0.2) is 5.75 Å². The molecule has 2 rings (SSSR count). The maximum atomic E-state index is 13.0. The Morgan fingerprint density at radius 3 is 2.28 bits per heavy atom. The summed E-state index contributed by atoms with van der Waals surface area (Å²) in [6.07, 6.45) is -4.78. The highest BCUT2D eigenvalue weighted by Crippen LogP contribution is 2.37. The number of carbonyl (C=O) groups excluding carboxylic acids is 1. The number of benzene rings is 2. The second-order valence-electron chi connectivity index (χ2n) is 4.95. The molecule has 0 radical (unpaired) electrons. The van der Waals surface area contributed by atoms with Crippen molar-refractivity contribution in [2.24, 2.45) is 0 Å². The lowest BCUT2D eigenvalue weighted by Crippen LogP contribution is -2.16. The van der Waals surface area contributed by atoms with Crippen molar-refractivity contribution in [2.75, 3.05) is 7.11 Å². The second kappa shape index (κ2) is 6.75. The Kier molecular flexibility index (Phi) is 5.07. The summed E-state index contributed by atoms with van der Waals surface area (Å²) in [6.45, 7) is 1.33. The van der Waals surface area contributed by atoms with Gasteiger partial charge in [-0.15, -0.1) is 0 Å². The number of esters is 1. The third kappa shape index (κ3) is 3.93. The molecule has 0 amide bonds. The third-order valence-corrected chi connectivity index (χ3v) is 4.73. The van der Waals surface area contributed by atoms with Gasteiger partial charge in [0.05, 0.1) is 18.2 Å². The van der Waals surface area contributed by atoms with Crippen LogP contribution in [0.2, 0.25) is 0 Å². The highest BCUT2D eigenvalue weighted by atomic mass is 32.2. The van der Waals surface area contributed by atoms with Gasteiger partial charge in [0.2, 0.25) is 0 Å². The highest BCUT2D eigenvalue weighted by molar-refractivity contribution is 7.87. The van der Waals surface area contributed by atoms with Gasteiger partial charge in [-0.05, 0) is 36.8 Å². The zero-order chi connectivity index (χ0) is 18.8. The minimum atomic E-state index is -4.78. The van der Waals surface area contributed by atoms with Gasteiger partial charge in [-0.2, -0.15) is 21.6 Å². The Balaban J connectivity index is 2.51. The van der Waals surface area contributed by atoms with Crippen LogP contribution in [0.5, 0.6) is 5.75 Å². The average Bonchev–Trinajstić information content (AvgIpc) is 2.53.